The number of hydrogen-bond donors (Lipinski definition) is 1. The first kappa shape index (κ1) is 22.1. The van der Waals surface area contributed by atoms with Crippen LogP contribution in [0, 0.1) is 12.8 Å². The number of carbonyl (C=O) groups is 1. The normalized spacial score (nSPS) is 17.0. The number of fused-ring (bicyclic) bond motifs is 1. The summed E-state index contributed by atoms with van der Waals surface area (Å²) in [6, 6.07) is 23.2. The Hall–Kier alpha value is -3.44. The Morgan fingerprint density at radius 2 is 1.83 bits per heavy atom. The number of benzene rings is 3. The van der Waals surface area contributed by atoms with Gasteiger partial charge in [0.25, 0.3) is 0 Å². The lowest BCUT2D eigenvalue weighted by Gasteiger charge is -2.28. The molecule has 1 saturated heterocycles. The van der Waals surface area contributed by atoms with E-state index in [9.17, 15) is 4.79 Å². The van der Waals surface area contributed by atoms with Gasteiger partial charge in [0.15, 0.2) is 0 Å². The van der Waals surface area contributed by atoms with Crippen LogP contribution in [0.1, 0.15) is 35.4 Å². The van der Waals surface area contributed by atoms with E-state index in [4.69, 9.17) is 4.74 Å². The van der Waals surface area contributed by atoms with Gasteiger partial charge in [-0.3, -0.25) is 9.89 Å². The minimum Gasteiger partial charge on any atom is -0.378 e. The molecule has 2 fully saturated rings. The fourth-order valence-electron chi connectivity index (χ4n) is 5.41. The largest absolute Gasteiger partial charge is 0.378 e. The van der Waals surface area contributed by atoms with Crippen LogP contribution in [0.5, 0.6) is 0 Å². The van der Waals surface area contributed by atoms with Gasteiger partial charge in [0, 0.05) is 42.1 Å². The van der Waals surface area contributed by atoms with E-state index in [0.717, 1.165) is 66.9 Å². The van der Waals surface area contributed by atoms with E-state index in [-0.39, 0.29) is 5.92 Å². The number of nitrogens with one attached hydrogen (secondary N) is 1. The minimum atomic E-state index is 0.00319. The summed E-state index contributed by atoms with van der Waals surface area (Å²) < 4.78 is 5.47. The molecule has 5 nitrogen and oxygen atoms in total. The smallest absolute Gasteiger partial charge is 0.144 e. The summed E-state index contributed by atoms with van der Waals surface area (Å²) >= 11 is 0. The predicted molar refractivity (Wildman–Crippen MR) is 140 cm³/mol. The molecule has 0 radical (unpaired) electrons. The van der Waals surface area contributed by atoms with Gasteiger partial charge < -0.3 is 9.64 Å². The van der Waals surface area contributed by atoms with E-state index in [1.807, 2.05) is 0 Å². The zero-order valence-electron chi connectivity index (χ0n) is 20.2. The number of ketones is 1. The molecule has 1 aliphatic heterocycles. The molecule has 5 heteroatoms. The number of hydrogen-bond acceptors (Lipinski definition) is 4. The fraction of sp³-hybridized carbons (Fsp3) is 0.333. The monoisotopic (exact) mass is 465 g/mol. The summed E-state index contributed by atoms with van der Waals surface area (Å²) in [4.78, 5) is 15.9. The number of ether oxygens (including phenoxy) is 1. The maximum absolute atomic E-state index is 13.5. The quantitative estimate of drug-likeness (QED) is 0.381. The lowest BCUT2D eigenvalue weighted by Crippen LogP contribution is -2.36. The van der Waals surface area contributed by atoms with Gasteiger partial charge in [-0.15, -0.1) is 0 Å². The summed E-state index contributed by atoms with van der Waals surface area (Å²) in [7, 11) is 0. The zero-order valence-corrected chi connectivity index (χ0v) is 20.2. The number of morpholine rings is 1. The lowest BCUT2D eigenvalue weighted by atomic mass is 9.85. The van der Waals surface area contributed by atoms with Gasteiger partial charge in [-0.05, 0) is 66.6 Å². The molecule has 35 heavy (non-hydrogen) atoms. The summed E-state index contributed by atoms with van der Waals surface area (Å²) in [6.07, 6.45) is 2.75. The molecule has 1 aliphatic carbocycles. The first-order valence-electron chi connectivity index (χ1n) is 12.7. The van der Waals surface area contributed by atoms with Crippen molar-refractivity contribution >= 4 is 22.4 Å². The van der Waals surface area contributed by atoms with E-state index in [1.54, 1.807) is 0 Å². The molecule has 1 unspecified atom stereocenters. The molecule has 2 aliphatic rings. The van der Waals surface area contributed by atoms with E-state index in [0.29, 0.717) is 18.1 Å². The summed E-state index contributed by atoms with van der Waals surface area (Å²) in [6.45, 7) is 5.52. The number of aromatic amines is 1. The van der Waals surface area contributed by atoms with Gasteiger partial charge in [0.05, 0.1) is 24.4 Å². The molecule has 0 bridgehead atoms. The second-order valence-corrected chi connectivity index (χ2v) is 9.91. The Morgan fingerprint density at radius 3 is 2.57 bits per heavy atom. The van der Waals surface area contributed by atoms with Gasteiger partial charge in [-0.1, -0.05) is 42.5 Å². The van der Waals surface area contributed by atoms with Crippen molar-refractivity contribution in [3.05, 3.63) is 83.4 Å². The third-order valence-electron chi connectivity index (χ3n) is 7.49. The molecule has 3 aromatic carbocycles. The summed E-state index contributed by atoms with van der Waals surface area (Å²) in [5.41, 5.74) is 7.68. The highest BCUT2D eigenvalue weighted by atomic mass is 16.5. The Morgan fingerprint density at radius 1 is 1.06 bits per heavy atom. The topological polar surface area (TPSA) is 58.2 Å². The highest BCUT2D eigenvalue weighted by Gasteiger charge is 2.37. The Balaban J connectivity index is 1.25. The first-order valence-corrected chi connectivity index (χ1v) is 12.7. The molecule has 6 rings (SSSR count). The van der Waals surface area contributed by atoms with Crippen molar-refractivity contribution in [2.75, 3.05) is 31.2 Å². The van der Waals surface area contributed by atoms with Crippen LogP contribution in [0.3, 0.4) is 0 Å². The van der Waals surface area contributed by atoms with Crippen LogP contribution in [0.15, 0.2) is 66.7 Å². The third-order valence-corrected chi connectivity index (χ3v) is 7.49. The van der Waals surface area contributed by atoms with E-state index >= 15 is 0 Å². The average Bonchev–Trinajstić information content (AvgIpc) is 3.64. The molecule has 4 aromatic rings. The van der Waals surface area contributed by atoms with Crippen molar-refractivity contribution in [2.45, 2.75) is 32.1 Å². The predicted octanol–water partition coefficient (Wildman–Crippen LogP) is 5.68. The number of carbonyl (C=O) groups excluding carboxylic acids is 1. The second-order valence-electron chi connectivity index (χ2n) is 9.91. The maximum Gasteiger partial charge on any atom is 0.144 e. The number of anilines is 1. The molecule has 178 valence electrons. The van der Waals surface area contributed by atoms with Gasteiger partial charge >= 0.3 is 0 Å². The maximum atomic E-state index is 13.5. The van der Waals surface area contributed by atoms with Crippen molar-refractivity contribution < 1.29 is 9.53 Å². The van der Waals surface area contributed by atoms with Crippen molar-refractivity contribution in [3.63, 3.8) is 0 Å². The van der Waals surface area contributed by atoms with Crippen molar-refractivity contribution in [2.24, 2.45) is 5.92 Å². The number of H-pyrrole nitrogens is 1. The molecule has 2 heterocycles. The standard InChI is InChI=1S/C30H31N3O2/c1-20-4-2-3-5-25(20)29(22-7-8-22)28(34)19-21-6-13-27-26(18-21)30(32-31-27)23-9-11-24(12-10-23)33-14-16-35-17-15-33/h2-6,9-13,18,22,29H,7-8,14-17,19H2,1H3,(H,31,32). The number of aryl methyl sites for hydroxylation is 1. The van der Waals surface area contributed by atoms with Crippen LogP contribution in [0.4, 0.5) is 5.69 Å². The van der Waals surface area contributed by atoms with Crippen LogP contribution in [-0.2, 0) is 16.0 Å². The number of Topliss-reactive ketones (excluding diaryl/α,β-unsaturated/α-hetero) is 1. The number of aromatic nitrogens is 2. The van der Waals surface area contributed by atoms with Gasteiger partial charge in [0.2, 0.25) is 0 Å². The lowest BCUT2D eigenvalue weighted by molar-refractivity contribution is -0.120. The molecule has 1 aromatic heterocycles. The Bertz CT molecular complexity index is 1350. The molecular weight excluding hydrogens is 434 g/mol. The minimum absolute atomic E-state index is 0.00319. The second kappa shape index (κ2) is 9.31. The molecule has 1 N–H and O–H groups in total. The Kier molecular flexibility index (Phi) is 5.86. The highest BCUT2D eigenvalue weighted by Crippen LogP contribution is 2.44. The number of rotatable bonds is 7. The molecule has 1 atom stereocenters. The molecule has 1 saturated carbocycles. The molecule has 0 amide bonds. The first-order chi connectivity index (χ1) is 17.2. The van der Waals surface area contributed by atoms with Crippen molar-refractivity contribution in [1.29, 1.82) is 0 Å². The van der Waals surface area contributed by atoms with Crippen molar-refractivity contribution in [3.8, 4) is 11.3 Å². The Labute approximate surface area is 206 Å². The van der Waals surface area contributed by atoms with E-state index in [2.05, 4.69) is 88.8 Å². The molecule has 0 spiro atoms. The average molecular weight is 466 g/mol. The summed E-state index contributed by atoms with van der Waals surface area (Å²) in [5, 5.41) is 8.85. The highest BCUT2D eigenvalue weighted by molar-refractivity contribution is 5.95. The SMILES string of the molecule is Cc1ccccc1C(C(=O)Cc1ccc2[nH]nc(-c3ccc(N4CCOCC4)cc3)c2c1)C1CC1. The fourth-order valence-corrected chi connectivity index (χ4v) is 5.41. The van der Waals surface area contributed by atoms with Crippen LogP contribution in [0.25, 0.3) is 22.2 Å². The van der Waals surface area contributed by atoms with Gasteiger partial charge in [0.1, 0.15) is 5.78 Å². The molecular formula is C30H31N3O2. The van der Waals surface area contributed by atoms with Crippen LogP contribution in [0.2, 0.25) is 0 Å². The van der Waals surface area contributed by atoms with E-state index in [1.165, 1.54) is 16.8 Å². The zero-order chi connectivity index (χ0) is 23.8. The van der Waals surface area contributed by atoms with Crippen molar-refractivity contribution in [1.82, 2.24) is 10.2 Å². The summed E-state index contributed by atoms with van der Waals surface area (Å²) in [5.74, 6) is 0.811. The van der Waals surface area contributed by atoms with Crippen LogP contribution in [-0.4, -0.2) is 42.3 Å². The van der Waals surface area contributed by atoms with E-state index < -0.39 is 0 Å². The van der Waals surface area contributed by atoms with Gasteiger partial charge in [-0.25, -0.2) is 0 Å². The third kappa shape index (κ3) is 4.48. The van der Waals surface area contributed by atoms with Crippen LogP contribution >= 0.6 is 0 Å². The van der Waals surface area contributed by atoms with Gasteiger partial charge in [-0.2, -0.15) is 5.10 Å². The van der Waals surface area contributed by atoms with Crippen LogP contribution < -0.4 is 4.90 Å². The number of nitrogens with zero attached hydrogens (tertiary/aromatic N) is 2.